The maximum absolute atomic E-state index is 13.7. The van der Waals surface area contributed by atoms with Gasteiger partial charge in [-0.25, -0.2) is 9.88 Å². The predicted octanol–water partition coefficient (Wildman–Crippen LogP) is 7.37. The Balaban J connectivity index is 1.43. The Hall–Kier alpha value is -5.49. The molecule has 1 aliphatic heterocycles. The van der Waals surface area contributed by atoms with Crippen LogP contribution < -0.4 is 0 Å². The fraction of sp³-hybridized carbons (Fsp3) is 0.0833. The number of fused-ring (bicyclic) bond motifs is 3. The van der Waals surface area contributed by atoms with Crippen molar-refractivity contribution in [2.24, 2.45) is 0 Å². The molecule has 6 heteroatoms. The number of benzene rings is 3. The van der Waals surface area contributed by atoms with Crippen LogP contribution in [0.1, 0.15) is 89.3 Å². The van der Waals surface area contributed by atoms with Crippen LogP contribution in [-0.2, 0) is 0 Å². The summed E-state index contributed by atoms with van der Waals surface area (Å²) >= 11 is 0. The zero-order valence-electron chi connectivity index (χ0n) is 23.2. The highest BCUT2D eigenvalue weighted by atomic mass is 16.2. The quantitative estimate of drug-likeness (QED) is 0.185. The van der Waals surface area contributed by atoms with Crippen LogP contribution in [0.15, 0.2) is 86.0 Å². The van der Waals surface area contributed by atoms with E-state index in [1.54, 1.807) is 61.5 Å². The van der Waals surface area contributed by atoms with E-state index in [0.29, 0.717) is 27.8 Å². The summed E-state index contributed by atoms with van der Waals surface area (Å²) in [5.41, 5.74) is 4.12. The Kier molecular flexibility index (Phi) is 6.46. The van der Waals surface area contributed by atoms with E-state index in [-0.39, 0.29) is 28.7 Å². The van der Waals surface area contributed by atoms with Gasteiger partial charge in [0.2, 0.25) is 0 Å². The largest absolute Gasteiger partial charge is 0.293 e. The summed E-state index contributed by atoms with van der Waals surface area (Å²) in [6.45, 7) is 11.3. The molecule has 42 heavy (non-hydrogen) atoms. The minimum absolute atomic E-state index is 0.233. The highest BCUT2D eigenvalue weighted by Gasteiger charge is 2.42. The second-order valence-corrected chi connectivity index (χ2v) is 10.1. The van der Waals surface area contributed by atoms with Gasteiger partial charge >= 0.3 is 0 Å². The average Bonchev–Trinajstić information content (AvgIpc) is 3.39. The van der Waals surface area contributed by atoms with E-state index in [4.69, 9.17) is 4.98 Å². The van der Waals surface area contributed by atoms with Crippen LogP contribution in [0.4, 0.5) is 0 Å². The topological polar surface area (TPSA) is 84.4 Å². The van der Waals surface area contributed by atoms with Crippen molar-refractivity contribution in [1.82, 2.24) is 9.88 Å². The van der Waals surface area contributed by atoms with Gasteiger partial charge in [0.05, 0.1) is 28.2 Å². The Morgan fingerprint density at radius 1 is 0.738 bits per heavy atom. The van der Waals surface area contributed by atoms with Crippen LogP contribution in [0.5, 0.6) is 0 Å². The van der Waals surface area contributed by atoms with Gasteiger partial charge in [-0.3, -0.25) is 19.2 Å². The molecule has 0 spiro atoms. The van der Waals surface area contributed by atoms with E-state index in [1.165, 1.54) is 0 Å². The number of pyridine rings is 1. The van der Waals surface area contributed by atoms with E-state index in [9.17, 15) is 19.2 Å². The van der Waals surface area contributed by atoms with E-state index in [1.807, 2.05) is 43.3 Å². The normalized spacial score (nSPS) is 16.5. The predicted molar refractivity (Wildman–Crippen MR) is 165 cm³/mol. The molecule has 1 aliphatic carbocycles. The van der Waals surface area contributed by atoms with Gasteiger partial charge in [0.15, 0.2) is 11.6 Å². The van der Waals surface area contributed by atoms with Gasteiger partial charge in [-0.1, -0.05) is 73.9 Å². The molecule has 6 nitrogen and oxygen atoms in total. The van der Waals surface area contributed by atoms with E-state index >= 15 is 0 Å². The molecule has 4 aromatic rings. The maximum Gasteiger partial charge on any atom is 0.266 e. The summed E-state index contributed by atoms with van der Waals surface area (Å²) in [4.78, 5) is 60.4. The number of hydrogen-bond acceptors (Lipinski definition) is 5. The van der Waals surface area contributed by atoms with Crippen molar-refractivity contribution in [3.05, 3.63) is 136 Å². The van der Waals surface area contributed by atoms with Crippen molar-refractivity contribution in [3.63, 3.8) is 0 Å². The number of Topliss-reactive ketones (excluding diaryl/α,β-unsaturated/α-hetero) is 2. The minimum atomic E-state index is -1.15. The fourth-order valence-electron chi connectivity index (χ4n) is 5.77. The van der Waals surface area contributed by atoms with Crippen LogP contribution in [0.2, 0.25) is 0 Å². The lowest BCUT2D eigenvalue weighted by atomic mass is 9.97. The lowest BCUT2D eigenvalue weighted by Crippen LogP contribution is -2.29. The van der Waals surface area contributed by atoms with Gasteiger partial charge in [0, 0.05) is 16.7 Å². The number of aromatic nitrogens is 1. The first-order valence-electron chi connectivity index (χ1n) is 13.6. The molecule has 0 radical (unpaired) electrons. The van der Waals surface area contributed by atoms with Gasteiger partial charge < -0.3 is 0 Å². The molecule has 1 aromatic heterocycles. The summed E-state index contributed by atoms with van der Waals surface area (Å²) in [5, 5.41) is 1.70. The Bertz CT molecular complexity index is 1920. The number of imide groups is 1. The number of allylic oxidation sites excluding steroid dienone is 2. The molecule has 204 valence electrons. The van der Waals surface area contributed by atoms with Crippen LogP contribution in [-0.4, -0.2) is 33.3 Å². The number of hydrogen-bond donors (Lipinski definition) is 0. The van der Waals surface area contributed by atoms with Gasteiger partial charge in [0.25, 0.3) is 11.8 Å². The second kappa shape index (κ2) is 10.2. The van der Waals surface area contributed by atoms with Crippen LogP contribution >= 0.6 is 0 Å². The number of ketones is 2. The molecule has 0 saturated heterocycles. The number of amides is 2. The summed E-state index contributed by atoms with van der Waals surface area (Å²) in [5.74, 6) is -2.79. The maximum atomic E-state index is 13.7. The average molecular weight is 551 g/mol. The van der Waals surface area contributed by atoms with Crippen LogP contribution in [0.25, 0.3) is 34.7 Å². The molecule has 0 bridgehead atoms. The highest BCUT2D eigenvalue weighted by molar-refractivity contribution is 6.30. The number of nitrogens with zero attached hydrogens (tertiary/aromatic N) is 2. The van der Waals surface area contributed by atoms with Crippen LogP contribution in [0, 0.1) is 0 Å². The van der Waals surface area contributed by atoms with Crippen molar-refractivity contribution in [2.75, 3.05) is 0 Å². The fourth-order valence-corrected chi connectivity index (χ4v) is 5.77. The lowest BCUT2D eigenvalue weighted by molar-refractivity contribution is 0.0733. The second-order valence-electron chi connectivity index (χ2n) is 10.1. The first-order valence-corrected chi connectivity index (χ1v) is 13.6. The number of carbonyl (C=O) groups is 4. The summed E-state index contributed by atoms with van der Waals surface area (Å²) in [7, 11) is 0. The van der Waals surface area contributed by atoms with Crippen molar-refractivity contribution >= 4 is 58.1 Å². The van der Waals surface area contributed by atoms with Crippen molar-refractivity contribution in [1.29, 1.82) is 0 Å². The first kappa shape index (κ1) is 26.7. The monoisotopic (exact) mass is 550 g/mol. The molecule has 2 aliphatic rings. The van der Waals surface area contributed by atoms with Crippen molar-refractivity contribution in [3.8, 4) is 0 Å². The van der Waals surface area contributed by atoms with Gasteiger partial charge in [-0.2, -0.15) is 0 Å². The number of carbonyl (C=O) groups excluding carboxylic acids is 4. The zero-order valence-corrected chi connectivity index (χ0v) is 23.2. The summed E-state index contributed by atoms with van der Waals surface area (Å²) in [6, 6.07) is 17.7. The van der Waals surface area contributed by atoms with Crippen molar-refractivity contribution in [2.45, 2.75) is 19.8 Å². The smallest absolute Gasteiger partial charge is 0.266 e. The molecule has 3 aromatic carbocycles. The molecular weight excluding hydrogens is 524 g/mol. The lowest BCUT2D eigenvalue weighted by Gasteiger charge is -2.20. The summed E-state index contributed by atoms with van der Waals surface area (Å²) in [6.07, 6.45) is 8.57. The Morgan fingerprint density at radius 2 is 1.31 bits per heavy atom. The molecule has 2 heterocycles. The number of rotatable bonds is 6. The van der Waals surface area contributed by atoms with Crippen LogP contribution in [0.3, 0.4) is 0 Å². The van der Waals surface area contributed by atoms with E-state index in [0.717, 1.165) is 26.8 Å². The molecule has 1 unspecified atom stereocenters. The van der Waals surface area contributed by atoms with Gasteiger partial charge in [0.1, 0.15) is 5.92 Å². The minimum Gasteiger partial charge on any atom is -0.293 e. The SMILES string of the molecule is C=Cc1cc2c(cc1/C=C\C)C(=O)C(c1ccc(C=C)c(/C(=C\C)N3C(=O)c4cc5ccccc5cc4C3=O)n1)C2=O. The van der Waals surface area contributed by atoms with Gasteiger partial charge in [-0.05, 0) is 66.1 Å². The summed E-state index contributed by atoms with van der Waals surface area (Å²) < 4.78 is 0. The van der Waals surface area contributed by atoms with E-state index < -0.39 is 17.7 Å². The van der Waals surface area contributed by atoms with E-state index in [2.05, 4.69) is 13.2 Å². The molecule has 0 N–H and O–H groups in total. The van der Waals surface area contributed by atoms with Crippen molar-refractivity contribution < 1.29 is 19.2 Å². The molecule has 0 saturated carbocycles. The highest BCUT2D eigenvalue weighted by Crippen LogP contribution is 2.38. The third kappa shape index (κ3) is 3.91. The Labute approximate surface area is 243 Å². The third-order valence-electron chi connectivity index (χ3n) is 7.82. The first-order chi connectivity index (χ1) is 20.3. The molecule has 2 amide bonds. The Morgan fingerprint density at radius 3 is 1.83 bits per heavy atom. The molecule has 6 rings (SSSR count). The molecule has 1 atom stereocenters. The van der Waals surface area contributed by atoms with Gasteiger partial charge in [-0.15, -0.1) is 0 Å². The third-order valence-corrected chi connectivity index (χ3v) is 7.82. The molecular formula is C36H26N2O4. The molecule has 0 fully saturated rings. The standard InChI is InChI=1S/C36H26N2O4/c1-5-11-22-17-26-25(16-21(22)7-3)33(39)31(34(26)40)29-15-14-20(6-2)32(37-29)30(8-4)38-35(41)27-18-23-12-9-10-13-24(23)19-28(27)36(38)42/h5-19,31H,2-3H2,1,4H3/b11-5-,30-8+. The zero-order chi connectivity index (χ0) is 29.7.